The summed E-state index contributed by atoms with van der Waals surface area (Å²) in [4.78, 5) is 28.8. The van der Waals surface area contributed by atoms with Gasteiger partial charge in [-0.2, -0.15) is 0 Å². The number of aryl methyl sites for hydroxylation is 1. The third-order valence-corrected chi connectivity index (χ3v) is 6.33. The zero-order chi connectivity index (χ0) is 21.6. The Morgan fingerprint density at radius 1 is 1.03 bits per heavy atom. The molecule has 1 aromatic heterocycles. The largest absolute Gasteiger partial charge is 0.380 e. The first-order chi connectivity index (χ1) is 14.9. The number of aromatic nitrogens is 1. The number of nitrogens with one attached hydrogen (secondary N) is 2. The van der Waals surface area contributed by atoms with Gasteiger partial charge in [0.25, 0.3) is 5.91 Å². The first-order valence-electron chi connectivity index (χ1n) is 10.8. The highest BCUT2D eigenvalue weighted by atomic mass is 16.3. The van der Waals surface area contributed by atoms with Crippen LogP contribution in [0.2, 0.25) is 0 Å². The summed E-state index contributed by atoms with van der Waals surface area (Å²) < 4.78 is 0. The van der Waals surface area contributed by atoms with Crippen LogP contribution in [0.5, 0.6) is 0 Å². The number of hydrogen-bond donors (Lipinski definition) is 3. The van der Waals surface area contributed by atoms with Crippen molar-refractivity contribution in [3.8, 4) is 11.1 Å². The van der Waals surface area contributed by atoms with E-state index in [4.69, 9.17) is 0 Å². The Morgan fingerprint density at radius 3 is 2.55 bits per heavy atom. The van der Waals surface area contributed by atoms with Gasteiger partial charge in [-0.15, -0.1) is 0 Å². The third kappa shape index (κ3) is 3.91. The third-order valence-electron chi connectivity index (χ3n) is 6.33. The molecule has 2 saturated carbocycles. The molecule has 0 radical (unpaired) electrons. The summed E-state index contributed by atoms with van der Waals surface area (Å²) in [6, 6.07) is 13.8. The molecule has 3 aromatic rings. The summed E-state index contributed by atoms with van der Waals surface area (Å²) in [6.07, 6.45) is 5.59. The van der Waals surface area contributed by atoms with Gasteiger partial charge in [0.15, 0.2) is 0 Å². The van der Waals surface area contributed by atoms with Crippen molar-refractivity contribution in [3.05, 3.63) is 54.2 Å². The summed E-state index contributed by atoms with van der Waals surface area (Å²) in [7, 11) is 0. The number of anilines is 2. The van der Waals surface area contributed by atoms with Crippen LogP contribution in [-0.4, -0.2) is 27.5 Å². The van der Waals surface area contributed by atoms with Crippen LogP contribution in [0.3, 0.4) is 0 Å². The lowest BCUT2D eigenvalue weighted by Crippen LogP contribution is -2.48. The average molecular weight is 415 g/mol. The number of aliphatic hydroxyl groups is 1. The molecule has 6 heteroatoms. The molecule has 0 saturated heterocycles. The van der Waals surface area contributed by atoms with Gasteiger partial charge in [0.2, 0.25) is 5.91 Å². The first kappa shape index (κ1) is 19.7. The molecule has 0 spiro atoms. The number of rotatable bonds is 5. The normalized spacial score (nSPS) is 17.1. The minimum absolute atomic E-state index is 0.0458. The summed E-state index contributed by atoms with van der Waals surface area (Å²) in [5.41, 5.74) is 2.54. The van der Waals surface area contributed by atoms with E-state index in [1.807, 2.05) is 43.3 Å². The standard InChI is InChI=1S/C25H25N3O3/c1-15-3-8-20(27-24(30)25(31)9-2-10-25)13-21(15)18-7-6-17-12-22(26-14-19(17)11-18)28-23(29)16-4-5-16/h3,6-8,11-14,16,31H,2,4-5,9-10H2,1H3,(H,27,30)(H,26,28,29). The lowest BCUT2D eigenvalue weighted by atomic mass is 9.79. The van der Waals surface area contributed by atoms with E-state index < -0.39 is 5.60 Å². The Morgan fingerprint density at radius 2 is 1.84 bits per heavy atom. The van der Waals surface area contributed by atoms with Crippen molar-refractivity contribution in [2.24, 2.45) is 5.92 Å². The van der Waals surface area contributed by atoms with Crippen molar-refractivity contribution in [3.63, 3.8) is 0 Å². The van der Waals surface area contributed by atoms with Gasteiger partial charge in [-0.3, -0.25) is 9.59 Å². The van der Waals surface area contributed by atoms with Gasteiger partial charge >= 0.3 is 0 Å². The molecule has 2 fully saturated rings. The number of carbonyl (C=O) groups is 2. The summed E-state index contributed by atoms with van der Waals surface area (Å²) >= 11 is 0. The van der Waals surface area contributed by atoms with Crippen LogP contribution in [0, 0.1) is 12.8 Å². The van der Waals surface area contributed by atoms with Gasteiger partial charge in [-0.1, -0.05) is 18.2 Å². The van der Waals surface area contributed by atoms with E-state index in [9.17, 15) is 14.7 Å². The molecule has 0 atom stereocenters. The van der Waals surface area contributed by atoms with E-state index in [0.29, 0.717) is 24.3 Å². The fraction of sp³-hybridized carbons (Fsp3) is 0.320. The van der Waals surface area contributed by atoms with Crippen molar-refractivity contribution in [1.82, 2.24) is 4.98 Å². The molecule has 158 valence electrons. The number of pyridine rings is 1. The summed E-state index contributed by atoms with van der Waals surface area (Å²) in [6.45, 7) is 2.03. The van der Waals surface area contributed by atoms with Crippen molar-refractivity contribution in [2.75, 3.05) is 10.6 Å². The smallest absolute Gasteiger partial charge is 0.256 e. The van der Waals surface area contributed by atoms with E-state index in [-0.39, 0.29) is 17.7 Å². The molecule has 2 aliphatic rings. The predicted octanol–water partition coefficient (Wildman–Crippen LogP) is 4.41. The lowest BCUT2D eigenvalue weighted by Gasteiger charge is -2.34. The van der Waals surface area contributed by atoms with Crippen molar-refractivity contribution < 1.29 is 14.7 Å². The molecule has 2 aliphatic carbocycles. The second-order valence-electron chi connectivity index (χ2n) is 8.76. The van der Waals surface area contributed by atoms with Crippen LogP contribution in [0.4, 0.5) is 11.5 Å². The molecule has 2 aromatic carbocycles. The Balaban J connectivity index is 1.40. The number of carbonyl (C=O) groups excluding carboxylic acids is 2. The van der Waals surface area contributed by atoms with E-state index >= 15 is 0 Å². The highest BCUT2D eigenvalue weighted by molar-refractivity contribution is 5.99. The molecule has 6 nitrogen and oxygen atoms in total. The van der Waals surface area contributed by atoms with Gasteiger partial charge in [0.05, 0.1) is 0 Å². The van der Waals surface area contributed by atoms with Gasteiger partial charge in [0.1, 0.15) is 11.4 Å². The maximum Gasteiger partial charge on any atom is 0.256 e. The number of fused-ring (bicyclic) bond motifs is 1. The minimum atomic E-state index is -1.23. The fourth-order valence-electron chi connectivity index (χ4n) is 3.95. The Hall–Kier alpha value is -3.25. The molecular weight excluding hydrogens is 390 g/mol. The summed E-state index contributed by atoms with van der Waals surface area (Å²) in [5, 5.41) is 18.0. The fourth-order valence-corrected chi connectivity index (χ4v) is 3.95. The Labute approximate surface area is 180 Å². The highest BCUT2D eigenvalue weighted by Gasteiger charge is 2.42. The predicted molar refractivity (Wildman–Crippen MR) is 121 cm³/mol. The minimum Gasteiger partial charge on any atom is -0.380 e. The van der Waals surface area contributed by atoms with Crippen LogP contribution in [-0.2, 0) is 9.59 Å². The van der Waals surface area contributed by atoms with Gasteiger partial charge < -0.3 is 15.7 Å². The summed E-state index contributed by atoms with van der Waals surface area (Å²) in [5.74, 6) is 0.425. The molecule has 0 bridgehead atoms. The van der Waals surface area contributed by atoms with Gasteiger partial charge in [-0.25, -0.2) is 4.98 Å². The maximum absolute atomic E-state index is 12.4. The molecule has 0 aliphatic heterocycles. The van der Waals surface area contributed by atoms with Crippen LogP contribution >= 0.6 is 0 Å². The van der Waals surface area contributed by atoms with Crippen molar-refractivity contribution in [2.45, 2.75) is 44.6 Å². The Kier molecular flexibility index (Phi) is 4.74. The second kappa shape index (κ2) is 7.46. The second-order valence-corrected chi connectivity index (χ2v) is 8.76. The zero-order valence-corrected chi connectivity index (χ0v) is 17.4. The van der Waals surface area contributed by atoms with E-state index in [1.165, 1.54) is 0 Å². The van der Waals surface area contributed by atoms with Gasteiger partial charge in [-0.05, 0) is 85.4 Å². The lowest BCUT2D eigenvalue weighted by molar-refractivity contribution is -0.142. The van der Waals surface area contributed by atoms with E-state index in [1.54, 1.807) is 6.20 Å². The monoisotopic (exact) mass is 415 g/mol. The van der Waals surface area contributed by atoms with E-state index in [0.717, 1.165) is 46.7 Å². The van der Waals surface area contributed by atoms with Crippen LogP contribution in [0.1, 0.15) is 37.7 Å². The number of hydrogen-bond acceptors (Lipinski definition) is 4. The molecule has 2 amide bonds. The van der Waals surface area contributed by atoms with Crippen LogP contribution in [0.25, 0.3) is 21.9 Å². The molecular formula is C25H25N3O3. The van der Waals surface area contributed by atoms with Crippen LogP contribution in [0.15, 0.2) is 48.7 Å². The van der Waals surface area contributed by atoms with Crippen molar-refractivity contribution in [1.29, 1.82) is 0 Å². The number of amides is 2. The molecule has 31 heavy (non-hydrogen) atoms. The molecule has 1 heterocycles. The first-order valence-corrected chi connectivity index (χ1v) is 10.8. The topological polar surface area (TPSA) is 91.3 Å². The van der Waals surface area contributed by atoms with E-state index in [2.05, 4.69) is 21.7 Å². The Bertz CT molecular complexity index is 1200. The molecule has 3 N–H and O–H groups in total. The van der Waals surface area contributed by atoms with Crippen molar-refractivity contribution >= 4 is 34.1 Å². The van der Waals surface area contributed by atoms with Crippen LogP contribution < -0.4 is 10.6 Å². The maximum atomic E-state index is 12.4. The quantitative estimate of drug-likeness (QED) is 0.576. The molecule has 5 rings (SSSR count). The zero-order valence-electron chi connectivity index (χ0n) is 17.4. The number of nitrogens with zero attached hydrogens (tertiary/aromatic N) is 1. The van der Waals surface area contributed by atoms with Gasteiger partial charge in [0, 0.05) is 23.2 Å². The average Bonchev–Trinajstić information content (AvgIpc) is 3.58. The number of benzene rings is 2. The SMILES string of the molecule is Cc1ccc(NC(=O)C2(O)CCC2)cc1-c1ccc2cc(NC(=O)C3CC3)ncc2c1. The highest BCUT2D eigenvalue weighted by Crippen LogP contribution is 2.34. The molecule has 0 unspecified atom stereocenters.